The second-order valence-corrected chi connectivity index (χ2v) is 4.29. The number of nitrogen functional groups attached to an aromatic ring is 1. The Morgan fingerprint density at radius 3 is 2.81 bits per heavy atom. The van der Waals surface area contributed by atoms with Crippen molar-refractivity contribution in [2.24, 2.45) is 5.92 Å². The van der Waals surface area contributed by atoms with Crippen molar-refractivity contribution in [2.75, 3.05) is 12.3 Å². The Morgan fingerprint density at radius 2 is 2.25 bits per heavy atom. The van der Waals surface area contributed by atoms with Crippen LogP contribution in [-0.2, 0) is 0 Å². The van der Waals surface area contributed by atoms with Crippen molar-refractivity contribution in [3.63, 3.8) is 0 Å². The quantitative estimate of drug-likeness (QED) is 0.787. The van der Waals surface area contributed by atoms with Gasteiger partial charge in [0.25, 0.3) is 0 Å². The van der Waals surface area contributed by atoms with Crippen molar-refractivity contribution in [1.82, 2.24) is 0 Å². The Kier molecular flexibility index (Phi) is 3.31. The lowest BCUT2D eigenvalue weighted by atomic mass is 9.83. The maximum Gasteiger partial charge on any atom is 0.121 e. The molecule has 0 amide bonds. The fourth-order valence-electron chi connectivity index (χ4n) is 1.86. The van der Waals surface area contributed by atoms with Crippen LogP contribution < -0.4 is 10.5 Å². The summed E-state index contributed by atoms with van der Waals surface area (Å²) in [5, 5.41) is 8.73. The smallest absolute Gasteiger partial charge is 0.121 e. The summed E-state index contributed by atoms with van der Waals surface area (Å²) in [6, 6.07) is 7.26. The van der Waals surface area contributed by atoms with Gasteiger partial charge in [0, 0.05) is 6.07 Å². The van der Waals surface area contributed by atoms with Gasteiger partial charge in [-0.1, -0.05) is 19.3 Å². The van der Waals surface area contributed by atoms with Crippen molar-refractivity contribution in [3.8, 4) is 11.8 Å². The van der Waals surface area contributed by atoms with E-state index in [1.54, 1.807) is 18.2 Å². The van der Waals surface area contributed by atoms with Crippen LogP contribution in [0.25, 0.3) is 0 Å². The summed E-state index contributed by atoms with van der Waals surface area (Å²) in [6.07, 6.45) is 5.19. The summed E-state index contributed by atoms with van der Waals surface area (Å²) in [4.78, 5) is 0. The molecule has 0 aliphatic heterocycles. The highest BCUT2D eigenvalue weighted by Crippen LogP contribution is 2.29. The highest BCUT2D eigenvalue weighted by Gasteiger charge is 2.16. The van der Waals surface area contributed by atoms with E-state index >= 15 is 0 Å². The molecule has 0 heterocycles. The van der Waals surface area contributed by atoms with Crippen LogP contribution >= 0.6 is 0 Å². The van der Waals surface area contributed by atoms with Crippen molar-refractivity contribution in [3.05, 3.63) is 23.8 Å². The van der Waals surface area contributed by atoms with E-state index in [4.69, 9.17) is 15.7 Å². The van der Waals surface area contributed by atoms with Gasteiger partial charge in [-0.25, -0.2) is 0 Å². The zero-order valence-corrected chi connectivity index (χ0v) is 9.28. The third-order valence-corrected chi connectivity index (χ3v) is 3.16. The fraction of sp³-hybridized carbons (Fsp3) is 0.462. The molecule has 0 unspecified atom stereocenters. The summed E-state index contributed by atoms with van der Waals surface area (Å²) < 4.78 is 5.60. The zero-order chi connectivity index (χ0) is 11.4. The maximum atomic E-state index is 8.73. The molecule has 1 aromatic rings. The molecular formula is C13H16N2O. The molecule has 16 heavy (non-hydrogen) atoms. The number of hydrogen-bond acceptors (Lipinski definition) is 3. The molecule has 0 saturated heterocycles. The van der Waals surface area contributed by atoms with Crippen LogP contribution in [-0.4, -0.2) is 6.61 Å². The van der Waals surface area contributed by atoms with Crippen LogP contribution in [0.1, 0.15) is 31.2 Å². The minimum absolute atomic E-state index is 0.489. The summed E-state index contributed by atoms with van der Waals surface area (Å²) >= 11 is 0. The van der Waals surface area contributed by atoms with Gasteiger partial charge in [-0.3, -0.25) is 0 Å². The molecule has 0 spiro atoms. The van der Waals surface area contributed by atoms with E-state index in [1.807, 2.05) is 6.07 Å². The zero-order valence-electron chi connectivity index (χ0n) is 9.28. The Morgan fingerprint density at radius 1 is 1.44 bits per heavy atom. The van der Waals surface area contributed by atoms with Crippen molar-refractivity contribution < 1.29 is 4.74 Å². The van der Waals surface area contributed by atoms with E-state index in [0.29, 0.717) is 11.3 Å². The number of nitrogens with zero attached hydrogens (tertiary/aromatic N) is 1. The van der Waals surface area contributed by atoms with Crippen molar-refractivity contribution in [2.45, 2.75) is 25.7 Å². The van der Waals surface area contributed by atoms with Crippen LogP contribution in [0.15, 0.2) is 18.2 Å². The maximum absolute atomic E-state index is 8.73. The Balaban J connectivity index is 1.84. The largest absolute Gasteiger partial charge is 0.494 e. The normalized spacial score (nSPS) is 15.2. The molecule has 1 aliphatic rings. The van der Waals surface area contributed by atoms with E-state index in [1.165, 1.54) is 19.3 Å². The van der Waals surface area contributed by atoms with Gasteiger partial charge in [0.05, 0.1) is 17.9 Å². The number of anilines is 1. The average molecular weight is 216 g/mol. The van der Waals surface area contributed by atoms with Gasteiger partial charge < -0.3 is 10.5 Å². The second kappa shape index (κ2) is 4.89. The van der Waals surface area contributed by atoms with E-state index in [2.05, 4.69) is 0 Å². The molecule has 1 fully saturated rings. The number of rotatable bonds is 4. The van der Waals surface area contributed by atoms with Gasteiger partial charge in [-0.05, 0) is 24.5 Å². The molecule has 0 bridgehead atoms. The number of benzene rings is 1. The number of nitriles is 1. The second-order valence-electron chi connectivity index (χ2n) is 4.29. The lowest BCUT2D eigenvalue weighted by Gasteiger charge is -2.24. The molecular weight excluding hydrogens is 200 g/mol. The van der Waals surface area contributed by atoms with E-state index in [-0.39, 0.29) is 0 Å². The number of hydrogen-bond donors (Lipinski definition) is 1. The van der Waals surface area contributed by atoms with Gasteiger partial charge in [0.1, 0.15) is 11.8 Å². The van der Waals surface area contributed by atoms with Crippen molar-refractivity contribution in [1.29, 1.82) is 5.26 Å². The predicted molar refractivity (Wildman–Crippen MR) is 63.0 cm³/mol. The van der Waals surface area contributed by atoms with E-state index in [0.717, 1.165) is 24.7 Å². The average Bonchev–Trinajstić information content (AvgIpc) is 2.22. The lowest BCUT2D eigenvalue weighted by molar-refractivity contribution is 0.222. The summed E-state index contributed by atoms with van der Waals surface area (Å²) in [5.41, 5.74) is 6.69. The van der Waals surface area contributed by atoms with E-state index in [9.17, 15) is 0 Å². The summed E-state index contributed by atoms with van der Waals surface area (Å²) in [7, 11) is 0. The van der Waals surface area contributed by atoms with Gasteiger partial charge in [-0.2, -0.15) is 5.26 Å². The molecule has 1 aliphatic carbocycles. The lowest BCUT2D eigenvalue weighted by Crippen LogP contribution is -2.14. The van der Waals surface area contributed by atoms with Gasteiger partial charge >= 0.3 is 0 Å². The summed E-state index contributed by atoms with van der Waals surface area (Å²) in [6.45, 7) is 0.746. The first-order chi connectivity index (χ1) is 7.79. The highest BCUT2D eigenvalue weighted by molar-refractivity contribution is 5.56. The highest BCUT2D eigenvalue weighted by atomic mass is 16.5. The van der Waals surface area contributed by atoms with E-state index < -0.39 is 0 Å². The van der Waals surface area contributed by atoms with Crippen LogP contribution in [0.4, 0.5) is 5.69 Å². The molecule has 3 heteroatoms. The SMILES string of the molecule is N#Cc1ccc(OCCC2CCC2)cc1N. The first-order valence-electron chi connectivity index (χ1n) is 5.72. The van der Waals surface area contributed by atoms with Crippen LogP contribution in [0, 0.1) is 17.2 Å². The Bertz CT molecular complexity index is 405. The third kappa shape index (κ3) is 2.46. The van der Waals surface area contributed by atoms with Gasteiger partial charge in [-0.15, -0.1) is 0 Å². The molecule has 2 rings (SSSR count). The minimum atomic E-state index is 0.489. The molecule has 84 valence electrons. The van der Waals surface area contributed by atoms with Crippen molar-refractivity contribution >= 4 is 5.69 Å². The van der Waals surface area contributed by atoms with Crippen LogP contribution in [0.3, 0.4) is 0 Å². The topological polar surface area (TPSA) is 59.0 Å². The standard InChI is InChI=1S/C13H16N2O/c14-9-11-4-5-12(8-13(11)15)16-7-6-10-2-1-3-10/h4-5,8,10H,1-3,6-7,15H2. The molecule has 0 atom stereocenters. The Labute approximate surface area is 95.8 Å². The molecule has 1 aromatic carbocycles. The minimum Gasteiger partial charge on any atom is -0.494 e. The fourth-order valence-corrected chi connectivity index (χ4v) is 1.86. The Hall–Kier alpha value is -1.69. The van der Waals surface area contributed by atoms with Gasteiger partial charge in [0.15, 0.2) is 0 Å². The molecule has 0 aromatic heterocycles. The monoisotopic (exact) mass is 216 g/mol. The number of nitrogens with two attached hydrogens (primary N) is 1. The van der Waals surface area contributed by atoms with Gasteiger partial charge in [0.2, 0.25) is 0 Å². The molecule has 0 radical (unpaired) electrons. The first-order valence-corrected chi connectivity index (χ1v) is 5.72. The molecule has 3 nitrogen and oxygen atoms in total. The predicted octanol–water partition coefficient (Wildman–Crippen LogP) is 2.71. The number of ether oxygens (including phenoxy) is 1. The first kappa shape index (κ1) is 10.8. The molecule has 2 N–H and O–H groups in total. The summed E-state index contributed by atoms with van der Waals surface area (Å²) in [5.74, 6) is 1.62. The molecule has 1 saturated carbocycles. The third-order valence-electron chi connectivity index (χ3n) is 3.16. The van der Waals surface area contributed by atoms with Crippen LogP contribution in [0.5, 0.6) is 5.75 Å². The van der Waals surface area contributed by atoms with Crippen LogP contribution in [0.2, 0.25) is 0 Å².